The molecule has 2 aromatic heterocycles. The van der Waals surface area contributed by atoms with Crippen LogP contribution in [0.4, 0.5) is 23.0 Å². The van der Waals surface area contributed by atoms with Gasteiger partial charge in [-0.3, -0.25) is 10.1 Å². The van der Waals surface area contributed by atoms with Crippen molar-refractivity contribution in [1.29, 1.82) is 0 Å². The summed E-state index contributed by atoms with van der Waals surface area (Å²) in [4.78, 5) is 33.2. The van der Waals surface area contributed by atoms with Crippen LogP contribution in [-0.4, -0.2) is 64.0 Å². The number of rotatable bonds is 11. The average molecular weight is 550 g/mol. The molecule has 1 aliphatic heterocycles. The van der Waals surface area contributed by atoms with Gasteiger partial charge in [0.05, 0.1) is 29.0 Å². The predicted octanol–water partition coefficient (Wildman–Crippen LogP) is 4.32. The van der Waals surface area contributed by atoms with E-state index in [-0.39, 0.29) is 18.3 Å². The molecular formula is C27H31N7O6. The molecule has 0 amide bonds. The van der Waals surface area contributed by atoms with Gasteiger partial charge in [0.2, 0.25) is 0 Å². The lowest BCUT2D eigenvalue weighted by Crippen LogP contribution is -2.55. The van der Waals surface area contributed by atoms with E-state index >= 15 is 0 Å². The molecule has 0 bridgehead atoms. The smallest absolute Gasteiger partial charge is 0.339 e. The zero-order valence-electron chi connectivity index (χ0n) is 22.2. The standard InChI is InChI=1S/C27H31N7O6/c1-3-39-27(36)19-4-11-25(30-16-19)33(21-12-14-28-15-13-21)26(18(2)35)40-23-9-10-24(29-17-23)32-31-20-5-7-22(8-6-20)34(37)38/h4-11,16-18,21,26,28,35H,3,12-15H2,1-2H3. The minimum Gasteiger partial charge on any atom is -0.466 e. The number of hydrogen-bond acceptors (Lipinski definition) is 12. The molecule has 2 atom stereocenters. The van der Waals surface area contributed by atoms with Gasteiger partial charge in [0.1, 0.15) is 17.7 Å². The van der Waals surface area contributed by atoms with Gasteiger partial charge in [0, 0.05) is 24.4 Å². The van der Waals surface area contributed by atoms with Crippen molar-refractivity contribution in [3.8, 4) is 5.75 Å². The molecule has 13 heteroatoms. The van der Waals surface area contributed by atoms with Crippen LogP contribution in [-0.2, 0) is 4.74 Å². The van der Waals surface area contributed by atoms with Crippen molar-refractivity contribution in [3.63, 3.8) is 0 Å². The number of ether oxygens (including phenoxy) is 2. The number of carbonyl (C=O) groups is 1. The topological polar surface area (TPSA) is 165 Å². The maximum absolute atomic E-state index is 12.1. The molecule has 0 radical (unpaired) electrons. The largest absolute Gasteiger partial charge is 0.466 e. The average Bonchev–Trinajstić information content (AvgIpc) is 2.97. The Balaban J connectivity index is 1.52. The normalized spacial score (nSPS) is 15.4. The molecule has 3 aromatic rings. The first-order chi connectivity index (χ1) is 19.4. The highest BCUT2D eigenvalue weighted by Gasteiger charge is 2.33. The maximum atomic E-state index is 12.1. The molecule has 1 fully saturated rings. The Hall–Kier alpha value is -4.49. The lowest BCUT2D eigenvalue weighted by Gasteiger charge is -2.41. The number of carbonyl (C=O) groups excluding carboxylic acids is 1. The van der Waals surface area contributed by atoms with Crippen molar-refractivity contribution in [1.82, 2.24) is 15.3 Å². The third-order valence-corrected chi connectivity index (χ3v) is 6.22. The molecule has 3 heterocycles. The molecule has 2 unspecified atom stereocenters. The molecule has 0 spiro atoms. The van der Waals surface area contributed by atoms with Gasteiger partial charge in [-0.15, -0.1) is 10.2 Å². The van der Waals surface area contributed by atoms with Crippen molar-refractivity contribution in [2.45, 2.75) is 45.1 Å². The van der Waals surface area contributed by atoms with E-state index in [1.165, 1.54) is 36.7 Å². The summed E-state index contributed by atoms with van der Waals surface area (Å²) >= 11 is 0. The summed E-state index contributed by atoms with van der Waals surface area (Å²) in [5, 5.41) is 33.1. The Labute approximate surface area is 231 Å². The van der Waals surface area contributed by atoms with E-state index in [9.17, 15) is 20.0 Å². The predicted molar refractivity (Wildman–Crippen MR) is 146 cm³/mol. The van der Waals surface area contributed by atoms with Gasteiger partial charge in [-0.25, -0.2) is 14.8 Å². The number of hydrogen-bond donors (Lipinski definition) is 2. The zero-order chi connectivity index (χ0) is 28.5. The lowest BCUT2D eigenvalue weighted by atomic mass is 10.0. The summed E-state index contributed by atoms with van der Waals surface area (Å²) in [6.07, 6.45) is 2.88. The van der Waals surface area contributed by atoms with Gasteiger partial charge in [-0.1, -0.05) is 0 Å². The Morgan fingerprint density at radius 2 is 1.88 bits per heavy atom. The molecule has 2 N–H and O–H groups in total. The number of non-ortho nitro benzene ring substituents is 1. The number of benzene rings is 1. The summed E-state index contributed by atoms with van der Waals surface area (Å²) < 4.78 is 11.3. The number of nitrogens with one attached hydrogen (secondary N) is 1. The highest BCUT2D eigenvalue weighted by atomic mass is 16.6. The van der Waals surface area contributed by atoms with Crippen LogP contribution in [0.2, 0.25) is 0 Å². The number of azo groups is 1. The Kier molecular flexibility index (Phi) is 9.65. The van der Waals surface area contributed by atoms with E-state index in [1.807, 2.05) is 4.90 Å². The third-order valence-electron chi connectivity index (χ3n) is 6.22. The van der Waals surface area contributed by atoms with Gasteiger partial charge in [-0.2, -0.15) is 0 Å². The molecule has 1 saturated heterocycles. The van der Waals surface area contributed by atoms with Crippen LogP contribution in [0.5, 0.6) is 5.75 Å². The van der Waals surface area contributed by atoms with Crippen molar-refractivity contribution in [2.24, 2.45) is 10.2 Å². The Morgan fingerprint density at radius 3 is 2.45 bits per heavy atom. The quantitative estimate of drug-likeness (QED) is 0.116. The number of aromatic nitrogens is 2. The van der Waals surface area contributed by atoms with Crippen molar-refractivity contribution in [2.75, 3.05) is 24.6 Å². The highest BCUT2D eigenvalue weighted by Crippen LogP contribution is 2.28. The van der Waals surface area contributed by atoms with Crippen molar-refractivity contribution >= 4 is 29.0 Å². The summed E-state index contributed by atoms with van der Waals surface area (Å²) in [6.45, 7) is 5.28. The summed E-state index contributed by atoms with van der Waals surface area (Å²) in [6, 6.07) is 12.4. The first-order valence-corrected chi connectivity index (χ1v) is 12.9. The van der Waals surface area contributed by atoms with Crippen molar-refractivity contribution in [3.05, 3.63) is 76.6 Å². The fraction of sp³-hybridized carbons (Fsp3) is 0.370. The van der Waals surface area contributed by atoms with E-state index in [1.54, 1.807) is 38.1 Å². The first-order valence-electron chi connectivity index (χ1n) is 12.9. The van der Waals surface area contributed by atoms with Crippen LogP contribution in [0, 0.1) is 10.1 Å². The second-order valence-electron chi connectivity index (χ2n) is 9.09. The number of anilines is 1. The summed E-state index contributed by atoms with van der Waals surface area (Å²) in [7, 11) is 0. The van der Waals surface area contributed by atoms with Crippen molar-refractivity contribution < 1.29 is 24.3 Å². The SMILES string of the molecule is CCOC(=O)c1ccc(N(C2CCNCC2)C(Oc2ccc(N=Nc3ccc([N+](=O)[O-])cc3)nc2)C(C)O)nc1. The fourth-order valence-corrected chi connectivity index (χ4v) is 4.26. The minimum absolute atomic E-state index is 0.0320. The number of nitro benzene ring substituents is 1. The third kappa shape index (κ3) is 7.33. The fourth-order valence-electron chi connectivity index (χ4n) is 4.26. The van der Waals surface area contributed by atoms with Gasteiger partial charge < -0.3 is 24.8 Å². The number of pyridine rings is 2. The molecule has 40 heavy (non-hydrogen) atoms. The highest BCUT2D eigenvalue weighted by molar-refractivity contribution is 5.89. The van der Waals surface area contributed by atoms with Crippen LogP contribution < -0.4 is 15.0 Å². The van der Waals surface area contributed by atoms with Gasteiger partial charge in [0.25, 0.3) is 5.69 Å². The van der Waals surface area contributed by atoms with Crippen LogP contribution >= 0.6 is 0 Å². The molecule has 13 nitrogen and oxygen atoms in total. The van der Waals surface area contributed by atoms with Crippen LogP contribution in [0.1, 0.15) is 37.0 Å². The maximum Gasteiger partial charge on any atom is 0.339 e. The Morgan fingerprint density at radius 1 is 1.12 bits per heavy atom. The van der Waals surface area contributed by atoms with Crippen LogP contribution in [0.25, 0.3) is 0 Å². The van der Waals surface area contributed by atoms with E-state index in [2.05, 4.69) is 25.5 Å². The zero-order valence-corrected chi connectivity index (χ0v) is 22.2. The van der Waals surface area contributed by atoms with Gasteiger partial charge in [0.15, 0.2) is 12.0 Å². The van der Waals surface area contributed by atoms with Gasteiger partial charge in [-0.05, 0) is 76.2 Å². The number of esters is 1. The van der Waals surface area contributed by atoms with Crippen LogP contribution in [0.15, 0.2) is 71.2 Å². The molecule has 1 aromatic carbocycles. The molecular weight excluding hydrogens is 518 g/mol. The molecule has 1 aliphatic rings. The monoisotopic (exact) mass is 549 g/mol. The number of aliphatic hydroxyl groups excluding tert-OH is 1. The second-order valence-corrected chi connectivity index (χ2v) is 9.09. The lowest BCUT2D eigenvalue weighted by molar-refractivity contribution is -0.384. The molecule has 210 valence electrons. The molecule has 0 saturated carbocycles. The number of nitrogens with zero attached hydrogens (tertiary/aromatic N) is 6. The molecule has 4 rings (SSSR count). The summed E-state index contributed by atoms with van der Waals surface area (Å²) in [5.41, 5.74) is 0.754. The minimum atomic E-state index is -0.900. The number of nitro groups is 1. The van der Waals surface area contributed by atoms with E-state index in [0.717, 1.165) is 25.9 Å². The van der Waals surface area contributed by atoms with Gasteiger partial charge >= 0.3 is 5.97 Å². The molecule has 0 aliphatic carbocycles. The van der Waals surface area contributed by atoms with E-state index in [4.69, 9.17) is 9.47 Å². The van der Waals surface area contributed by atoms with Crippen LogP contribution in [0.3, 0.4) is 0 Å². The first kappa shape index (κ1) is 28.5. The second kappa shape index (κ2) is 13.5. The van der Waals surface area contributed by atoms with E-state index < -0.39 is 23.2 Å². The summed E-state index contributed by atoms with van der Waals surface area (Å²) in [5.74, 6) is 0.829. The van der Waals surface area contributed by atoms with E-state index in [0.29, 0.717) is 28.6 Å². The number of piperidine rings is 1. The number of aliphatic hydroxyl groups is 1. The Bertz CT molecular complexity index is 1290.